The number of halogens is 1. The Balaban J connectivity index is 2.22. The second-order valence-electron chi connectivity index (χ2n) is 4.40. The molecule has 0 saturated heterocycles. The SMILES string of the molecule is Cc1cccc(CSc2cc(Br)ccc2/C(N)=N/O)c1. The molecule has 5 heteroatoms. The maximum atomic E-state index is 8.85. The van der Waals surface area contributed by atoms with Crippen molar-refractivity contribution >= 4 is 33.5 Å². The zero-order valence-electron chi connectivity index (χ0n) is 11.0. The molecule has 0 unspecified atom stereocenters. The van der Waals surface area contributed by atoms with E-state index in [2.05, 4.69) is 52.3 Å². The Bertz CT molecular complexity index is 644. The number of oxime groups is 1. The van der Waals surface area contributed by atoms with Gasteiger partial charge in [0.1, 0.15) is 0 Å². The van der Waals surface area contributed by atoms with Crippen LogP contribution in [0.4, 0.5) is 0 Å². The standard InChI is InChI=1S/C15H15BrN2OS/c1-10-3-2-4-11(7-10)9-20-14-8-12(16)5-6-13(14)15(17)18-19/h2-8,19H,9H2,1H3,(H2,17,18). The number of rotatable bonds is 4. The van der Waals surface area contributed by atoms with Crippen LogP contribution in [0.3, 0.4) is 0 Å². The molecule has 20 heavy (non-hydrogen) atoms. The first-order chi connectivity index (χ1) is 9.60. The largest absolute Gasteiger partial charge is 0.409 e. The minimum absolute atomic E-state index is 0.129. The summed E-state index contributed by atoms with van der Waals surface area (Å²) in [6.07, 6.45) is 0. The highest BCUT2D eigenvalue weighted by Gasteiger charge is 2.08. The highest BCUT2D eigenvalue weighted by molar-refractivity contribution is 9.10. The van der Waals surface area contributed by atoms with E-state index in [4.69, 9.17) is 10.9 Å². The Labute approximate surface area is 131 Å². The van der Waals surface area contributed by atoms with Crippen molar-refractivity contribution in [3.63, 3.8) is 0 Å². The molecule has 104 valence electrons. The number of amidine groups is 1. The van der Waals surface area contributed by atoms with Gasteiger partial charge >= 0.3 is 0 Å². The average Bonchev–Trinajstić information content (AvgIpc) is 2.44. The molecule has 0 aliphatic carbocycles. The third-order valence-electron chi connectivity index (χ3n) is 2.80. The lowest BCUT2D eigenvalue weighted by molar-refractivity contribution is 0.318. The maximum absolute atomic E-state index is 8.85. The van der Waals surface area contributed by atoms with Crippen molar-refractivity contribution in [2.45, 2.75) is 17.6 Å². The third-order valence-corrected chi connectivity index (χ3v) is 4.42. The Morgan fingerprint density at radius 2 is 2.10 bits per heavy atom. The van der Waals surface area contributed by atoms with Gasteiger partial charge in [-0.3, -0.25) is 0 Å². The van der Waals surface area contributed by atoms with Crippen LogP contribution in [0.15, 0.2) is 57.0 Å². The van der Waals surface area contributed by atoms with Crippen molar-refractivity contribution in [2.24, 2.45) is 10.9 Å². The molecule has 3 nitrogen and oxygen atoms in total. The summed E-state index contributed by atoms with van der Waals surface area (Å²) in [6, 6.07) is 14.1. The van der Waals surface area contributed by atoms with Crippen molar-refractivity contribution < 1.29 is 5.21 Å². The molecule has 3 N–H and O–H groups in total. The molecule has 0 aromatic heterocycles. The van der Waals surface area contributed by atoms with E-state index in [9.17, 15) is 0 Å². The van der Waals surface area contributed by atoms with E-state index in [0.717, 1.165) is 20.7 Å². The third kappa shape index (κ3) is 3.77. The van der Waals surface area contributed by atoms with E-state index in [-0.39, 0.29) is 5.84 Å². The Kier molecular flexibility index (Phi) is 5.09. The lowest BCUT2D eigenvalue weighted by Gasteiger charge is -2.09. The van der Waals surface area contributed by atoms with E-state index in [1.54, 1.807) is 11.8 Å². The Morgan fingerprint density at radius 1 is 1.30 bits per heavy atom. The molecule has 0 amide bonds. The first-order valence-corrected chi connectivity index (χ1v) is 7.84. The number of benzene rings is 2. The fraction of sp³-hybridized carbons (Fsp3) is 0.133. The average molecular weight is 351 g/mol. The van der Waals surface area contributed by atoms with Gasteiger partial charge in [0.15, 0.2) is 5.84 Å². The molecule has 0 radical (unpaired) electrons. The van der Waals surface area contributed by atoms with Gasteiger partial charge in [0.05, 0.1) is 0 Å². The zero-order chi connectivity index (χ0) is 14.5. The highest BCUT2D eigenvalue weighted by Crippen LogP contribution is 2.29. The number of nitrogens with zero attached hydrogens (tertiary/aromatic N) is 1. The van der Waals surface area contributed by atoms with Crippen LogP contribution in [0.1, 0.15) is 16.7 Å². The second kappa shape index (κ2) is 6.81. The number of nitrogens with two attached hydrogens (primary N) is 1. The number of hydrogen-bond acceptors (Lipinski definition) is 3. The lowest BCUT2D eigenvalue weighted by atomic mass is 10.2. The van der Waals surface area contributed by atoms with Gasteiger partial charge in [-0.1, -0.05) is 50.9 Å². The van der Waals surface area contributed by atoms with Crippen LogP contribution in [-0.4, -0.2) is 11.0 Å². The molecule has 0 aliphatic rings. The maximum Gasteiger partial charge on any atom is 0.171 e. The minimum atomic E-state index is 0.129. The summed E-state index contributed by atoms with van der Waals surface area (Å²) in [5.41, 5.74) is 8.95. The van der Waals surface area contributed by atoms with Crippen LogP contribution >= 0.6 is 27.7 Å². The normalized spacial score (nSPS) is 11.6. The van der Waals surface area contributed by atoms with Crippen LogP contribution in [0.25, 0.3) is 0 Å². The topological polar surface area (TPSA) is 58.6 Å². The Hall–Kier alpha value is -1.46. The molecule has 0 saturated carbocycles. The zero-order valence-corrected chi connectivity index (χ0v) is 13.4. The van der Waals surface area contributed by atoms with E-state index in [1.165, 1.54) is 11.1 Å². The van der Waals surface area contributed by atoms with E-state index < -0.39 is 0 Å². The molecular formula is C15H15BrN2OS. The predicted molar refractivity (Wildman–Crippen MR) is 87.4 cm³/mol. The van der Waals surface area contributed by atoms with Gasteiger partial charge in [-0.15, -0.1) is 11.8 Å². The van der Waals surface area contributed by atoms with Gasteiger partial charge in [-0.05, 0) is 30.7 Å². The van der Waals surface area contributed by atoms with E-state index >= 15 is 0 Å². The second-order valence-corrected chi connectivity index (χ2v) is 6.34. The fourth-order valence-corrected chi connectivity index (χ4v) is 3.40. The van der Waals surface area contributed by atoms with Crippen LogP contribution in [-0.2, 0) is 5.75 Å². The summed E-state index contributed by atoms with van der Waals surface area (Å²) in [6.45, 7) is 2.08. The quantitative estimate of drug-likeness (QED) is 0.286. The molecule has 2 rings (SSSR count). The van der Waals surface area contributed by atoms with E-state index in [0.29, 0.717) is 0 Å². The van der Waals surface area contributed by atoms with E-state index in [1.807, 2.05) is 18.2 Å². The first kappa shape index (κ1) is 14.9. The molecule has 0 heterocycles. The monoisotopic (exact) mass is 350 g/mol. The summed E-state index contributed by atoms with van der Waals surface area (Å²) in [5.74, 6) is 0.966. The van der Waals surface area contributed by atoms with Crippen molar-refractivity contribution in [1.82, 2.24) is 0 Å². The van der Waals surface area contributed by atoms with Crippen molar-refractivity contribution in [2.75, 3.05) is 0 Å². The van der Waals surface area contributed by atoms with Crippen LogP contribution in [0, 0.1) is 6.92 Å². The van der Waals surface area contributed by atoms with Gasteiger partial charge in [0.25, 0.3) is 0 Å². The molecule has 2 aromatic carbocycles. The van der Waals surface area contributed by atoms with Crippen LogP contribution < -0.4 is 5.73 Å². The molecule has 0 bridgehead atoms. The molecule has 0 aliphatic heterocycles. The van der Waals surface area contributed by atoms with Crippen molar-refractivity contribution in [1.29, 1.82) is 0 Å². The van der Waals surface area contributed by atoms with Crippen LogP contribution in [0.2, 0.25) is 0 Å². The summed E-state index contributed by atoms with van der Waals surface area (Å²) in [5, 5.41) is 11.9. The van der Waals surface area contributed by atoms with Crippen molar-refractivity contribution in [3.05, 3.63) is 63.6 Å². The van der Waals surface area contributed by atoms with Crippen molar-refractivity contribution in [3.8, 4) is 0 Å². The number of hydrogen-bond donors (Lipinski definition) is 2. The van der Waals surface area contributed by atoms with Gasteiger partial charge in [-0.25, -0.2) is 0 Å². The molecule has 0 fully saturated rings. The minimum Gasteiger partial charge on any atom is -0.409 e. The Morgan fingerprint density at radius 3 is 2.80 bits per heavy atom. The number of thioether (sulfide) groups is 1. The van der Waals surface area contributed by atoms with Crippen LogP contribution in [0.5, 0.6) is 0 Å². The molecule has 0 spiro atoms. The highest BCUT2D eigenvalue weighted by atomic mass is 79.9. The smallest absolute Gasteiger partial charge is 0.171 e. The first-order valence-electron chi connectivity index (χ1n) is 6.06. The van der Waals surface area contributed by atoms with Gasteiger partial charge < -0.3 is 10.9 Å². The van der Waals surface area contributed by atoms with Gasteiger partial charge in [0, 0.05) is 20.7 Å². The summed E-state index contributed by atoms with van der Waals surface area (Å²) < 4.78 is 0.971. The number of aryl methyl sites for hydroxylation is 1. The molecular weight excluding hydrogens is 336 g/mol. The summed E-state index contributed by atoms with van der Waals surface area (Å²) >= 11 is 5.11. The van der Waals surface area contributed by atoms with Gasteiger partial charge in [0.2, 0.25) is 0 Å². The lowest BCUT2D eigenvalue weighted by Crippen LogP contribution is -2.14. The summed E-state index contributed by atoms with van der Waals surface area (Å²) in [4.78, 5) is 0.983. The molecule has 2 aromatic rings. The predicted octanol–water partition coefficient (Wildman–Crippen LogP) is 4.14. The van der Waals surface area contributed by atoms with Gasteiger partial charge in [-0.2, -0.15) is 0 Å². The fourth-order valence-electron chi connectivity index (χ4n) is 1.84. The summed E-state index contributed by atoms with van der Waals surface area (Å²) in [7, 11) is 0. The molecule has 0 atom stereocenters.